The molecule has 3 aromatic heterocycles. The van der Waals surface area contributed by atoms with Gasteiger partial charge < -0.3 is 4.57 Å². The highest BCUT2D eigenvalue weighted by molar-refractivity contribution is 6.06. The van der Waals surface area contributed by atoms with Crippen LogP contribution in [0.1, 0.15) is 26.5 Å². The minimum atomic E-state index is 0.0565. The third-order valence-electron chi connectivity index (χ3n) is 4.20. The van der Waals surface area contributed by atoms with Gasteiger partial charge in [-0.15, -0.1) is 0 Å². The molecule has 0 bridgehead atoms. The highest BCUT2D eigenvalue weighted by Gasteiger charge is 2.16. The lowest BCUT2D eigenvalue weighted by atomic mass is 9.92. The molecule has 114 valence electrons. The Morgan fingerprint density at radius 2 is 1.61 bits per heavy atom. The summed E-state index contributed by atoms with van der Waals surface area (Å²) in [6.45, 7) is 6.54. The van der Waals surface area contributed by atoms with Crippen LogP contribution in [0.2, 0.25) is 0 Å². The largest absolute Gasteiger partial charge is 0.306 e. The standard InChI is InChI=1S/C20H19N3/c1-20(2,3)18-11-10-14(13-22-18)23-16-8-5-4-7-15(16)19-17(23)9-6-12-21-19/h4-13H,1-3H3. The van der Waals surface area contributed by atoms with E-state index >= 15 is 0 Å². The van der Waals surface area contributed by atoms with E-state index in [1.54, 1.807) is 0 Å². The Hall–Kier alpha value is -2.68. The highest BCUT2D eigenvalue weighted by Crippen LogP contribution is 2.30. The highest BCUT2D eigenvalue weighted by atomic mass is 15.0. The van der Waals surface area contributed by atoms with Crippen molar-refractivity contribution in [2.24, 2.45) is 0 Å². The molecule has 0 amide bonds. The summed E-state index contributed by atoms with van der Waals surface area (Å²) in [5.74, 6) is 0. The predicted octanol–water partition coefficient (Wildman–Crippen LogP) is 4.87. The van der Waals surface area contributed by atoms with Crippen LogP contribution in [-0.4, -0.2) is 14.5 Å². The van der Waals surface area contributed by atoms with Gasteiger partial charge in [0.1, 0.15) is 0 Å². The maximum atomic E-state index is 4.68. The molecule has 0 unspecified atom stereocenters. The van der Waals surface area contributed by atoms with Crippen molar-refractivity contribution in [3.63, 3.8) is 0 Å². The first-order chi connectivity index (χ1) is 11.1. The van der Waals surface area contributed by atoms with Crippen molar-refractivity contribution < 1.29 is 0 Å². The molecular formula is C20H19N3. The van der Waals surface area contributed by atoms with E-state index in [0.29, 0.717) is 0 Å². The fraction of sp³-hybridized carbons (Fsp3) is 0.200. The molecule has 4 aromatic rings. The lowest BCUT2D eigenvalue weighted by molar-refractivity contribution is 0.569. The van der Waals surface area contributed by atoms with Crippen molar-refractivity contribution in [2.45, 2.75) is 26.2 Å². The number of rotatable bonds is 1. The van der Waals surface area contributed by atoms with Gasteiger partial charge in [-0.05, 0) is 30.3 Å². The van der Waals surface area contributed by atoms with Gasteiger partial charge in [0, 0.05) is 22.7 Å². The van der Waals surface area contributed by atoms with Crippen LogP contribution in [0.5, 0.6) is 0 Å². The number of fused-ring (bicyclic) bond motifs is 3. The smallest absolute Gasteiger partial charge is 0.0963 e. The second-order valence-corrected chi connectivity index (χ2v) is 6.88. The zero-order valence-electron chi connectivity index (χ0n) is 13.6. The van der Waals surface area contributed by atoms with E-state index in [1.807, 2.05) is 18.5 Å². The van der Waals surface area contributed by atoms with Gasteiger partial charge >= 0.3 is 0 Å². The van der Waals surface area contributed by atoms with Crippen LogP contribution in [0.3, 0.4) is 0 Å². The van der Waals surface area contributed by atoms with Crippen molar-refractivity contribution in [1.29, 1.82) is 0 Å². The quantitative estimate of drug-likeness (QED) is 0.502. The van der Waals surface area contributed by atoms with E-state index in [0.717, 1.165) is 27.9 Å². The maximum Gasteiger partial charge on any atom is 0.0963 e. The monoisotopic (exact) mass is 301 g/mol. The molecule has 0 fully saturated rings. The molecular weight excluding hydrogens is 282 g/mol. The van der Waals surface area contributed by atoms with Gasteiger partial charge in [-0.2, -0.15) is 0 Å². The number of nitrogens with zero attached hydrogens (tertiary/aromatic N) is 3. The zero-order valence-corrected chi connectivity index (χ0v) is 13.6. The molecule has 0 spiro atoms. The molecule has 1 aromatic carbocycles. The van der Waals surface area contributed by atoms with Crippen molar-refractivity contribution in [3.05, 3.63) is 66.6 Å². The van der Waals surface area contributed by atoms with E-state index in [-0.39, 0.29) is 5.41 Å². The summed E-state index contributed by atoms with van der Waals surface area (Å²) in [5, 5.41) is 1.17. The molecule has 3 heterocycles. The summed E-state index contributed by atoms with van der Waals surface area (Å²) in [5.41, 5.74) is 5.52. The fourth-order valence-electron chi connectivity index (χ4n) is 3.02. The van der Waals surface area contributed by atoms with E-state index < -0.39 is 0 Å². The van der Waals surface area contributed by atoms with Crippen molar-refractivity contribution >= 4 is 21.9 Å². The number of aromatic nitrogens is 3. The summed E-state index contributed by atoms with van der Waals surface area (Å²) in [6, 6.07) is 16.7. The average Bonchev–Trinajstić information content (AvgIpc) is 2.89. The van der Waals surface area contributed by atoms with Crippen molar-refractivity contribution in [2.75, 3.05) is 0 Å². The van der Waals surface area contributed by atoms with Crippen LogP contribution in [-0.2, 0) is 5.41 Å². The van der Waals surface area contributed by atoms with Crippen molar-refractivity contribution in [3.8, 4) is 5.69 Å². The Kier molecular flexibility index (Phi) is 2.98. The van der Waals surface area contributed by atoms with Gasteiger partial charge in [-0.25, -0.2) is 0 Å². The third-order valence-corrected chi connectivity index (χ3v) is 4.20. The van der Waals surface area contributed by atoms with Crippen molar-refractivity contribution in [1.82, 2.24) is 14.5 Å². The summed E-state index contributed by atoms with van der Waals surface area (Å²) in [7, 11) is 0. The summed E-state index contributed by atoms with van der Waals surface area (Å²) in [6.07, 6.45) is 3.81. The Labute approximate surface area is 135 Å². The zero-order chi connectivity index (χ0) is 16.0. The van der Waals surface area contributed by atoms with Crippen LogP contribution in [0, 0.1) is 0 Å². The number of hydrogen-bond acceptors (Lipinski definition) is 2. The van der Waals surface area contributed by atoms with Gasteiger partial charge in [0.15, 0.2) is 0 Å². The lowest BCUT2D eigenvalue weighted by Crippen LogP contribution is -2.13. The summed E-state index contributed by atoms with van der Waals surface area (Å²) >= 11 is 0. The topological polar surface area (TPSA) is 30.7 Å². The first kappa shape index (κ1) is 13.9. The predicted molar refractivity (Wildman–Crippen MR) is 95.1 cm³/mol. The Bertz CT molecular complexity index is 936. The number of hydrogen-bond donors (Lipinski definition) is 0. The molecule has 0 aliphatic carbocycles. The number of benzene rings is 1. The number of para-hydroxylation sites is 1. The lowest BCUT2D eigenvalue weighted by Gasteiger charge is -2.18. The summed E-state index contributed by atoms with van der Waals surface area (Å²) < 4.78 is 2.23. The molecule has 3 nitrogen and oxygen atoms in total. The Morgan fingerprint density at radius 3 is 2.35 bits per heavy atom. The Morgan fingerprint density at radius 1 is 0.826 bits per heavy atom. The molecule has 0 N–H and O–H groups in total. The fourth-order valence-corrected chi connectivity index (χ4v) is 3.02. The number of pyridine rings is 2. The van der Waals surface area contributed by atoms with Crippen LogP contribution in [0.15, 0.2) is 60.9 Å². The third kappa shape index (κ3) is 2.20. The molecule has 3 heteroatoms. The molecule has 0 saturated heterocycles. The second kappa shape index (κ2) is 4.92. The average molecular weight is 301 g/mol. The molecule has 0 atom stereocenters. The molecule has 0 saturated carbocycles. The second-order valence-electron chi connectivity index (χ2n) is 6.88. The van der Waals surface area contributed by atoms with Crippen LogP contribution in [0.4, 0.5) is 0 Å². The van der Waals surface area contributed by atoms with Crippen LogP contribution >= 0.6 is 0 Å². The van der Waals surface area contributed by atoms with E-state index in [1.165, 1.54) is 5.39 Å². The van der Waals surface area contributed by atoms with Gasteiger partial charge in [0.05, 0.1) is 28.4 Å². The minimum absolute atomic E-state index is 0.0565. The first-order valence-electron chi connectivity index (χ1n) is 7.87. The summed E-state index contributed by atoms with van der Waals surface area (Å²) in [4.78, 5) is 9.25. The molecule has 23 heavy (non-hydrogen) atoms. The normalized spacial score (nSPS) is 12.1. The van der Waals surface area contributed by atoms with Gasteiger partial charge in [0.2, 0.25) is 0 Å². The SMILES string of the molecule is CC(C)(C)c1ccc(-n2c3ccccc3c3ncccc32)cn1. The van der Waals surface area contributed by atoms with Gasteiger partial charge in [-0.3, -0.25) is 9.97 Å². The maximum absolute atomic E-state index is 4.68. The van der Waals surface area contributed by atoms with E-state index in [2.05, 4.69) is 77.8 Å². The van der Waals surface area contributed by atoms with Crippen LogP contribution in [0.25, 0.3) is 27.6 Å². The molecule has 0 aliphatic heterocycles. The van der Waals surface area contributed by atoms with E-state index in [9.17, 15) is 0 Å². The first-order valence-corrected chi connectivity index (χ1v) is 7.87. The van der Waals surface area contributed by atoms with Crippen LogP contribution < -0.4 is 0 Å². The molecule has 0 aliphatic rings. The molecule has 0 radical (unpaired) electrons. The van der Waals surface area contributed by atoms with Gasteiger partial charge in [-0.1, -0.05) is 39.0 Å². The minimum Gasteiger partial charge on any atom is -0.306 e. The van der Waals surface area contributed by atoms with E-state index in [4.69, 9.17) is 0 Å². The Balaban J connectivity index is 2.01. The van der Waals surface area contributed by atoms with Gasteiger partial charge in [0.25, 0.3) is 0 Å². The molecule has 4 rings (SSSR count).